The van der Waals surface area contributed by atoms with Crippen LogP contribution in [0.2, 0.25) is 0 Å². The van der Waals surface area contributed by atoms with E-state index in [4.69, 9.17) is 14.2 Å². The maximum atomic E-state index is 12.8. The van der Waals surface area contributed by atoms with Crippen molar-refractivity contribution in [2.75, 3.05) is 6.61 Å². The quantitative estimate of drug-likeness (QED) is 0.214. The van der Waals surface area contributed by atoms with Crippen LogP contribution in [0.5, 0.6) is 17.2 Å². The summed E-state index contributed by atoms with van der Waals surface area (Å²) in [7, 11) is 0. The van der Waals surface area contributed by atoms with E-state index in [1.165, 1.54) is 0 Å². The van der Waals surface area contributed by atoms with Crippen molar-refractivity contribution in [3.05, 3.63) is 71.8 Å². The molecule has 0 amide bonds. The second-order valence-electron chi connectivity index (χ2n) is 9.99. The van der Waals surface area contributed by atoms with E-state index in [1.807, 2.05) is 71.9 Å². The van der Waals surface area contributed by atoms with E-state index >= 15 is 0 Å². The number of rotatable bonds is 10. The predicted molar refractivity (Wildman–Crippen MR) is 137 cm³/mol. The Morgan fingerprint density at radius 2 is 1.55 bits per heavy atom. The van der Waals surface area contributed by atoms with Crippen LogP contribution in [-0.4, -0.2) is 23.6 Å². The van der Waals surface area contributed by atoms with Crippen LogP contribution < -0.4 is 14.2 Å². The molecule has 0 saturated carbocycles. The minimum absolute atomic E-state index is 0.0842. The number of ether oxygens (including phenoxy) is 3. The summed E-state index contributed by atoms with van der Waals surface area (Å²) >= 11 is 0. The van der Waals surface area contributed by atoms with E-state index in [0.29, 0.717) is 24.3 Å². The Labute approximate surface area is 199 Å². The lowest BCUT2D eigenvalue weighted by Gasteiger charge is -2.27. The Morgan fingerprint density at radius 3 is 2.09 bits per heavy atom. The van der Waals surface area contributed by atoms with E-state index in [9.17, 15) is 4.79 Å². The van der Waals surface area contributed by atoms with Gasteiger partial charge >= 0.3 is 0 Å². The van der Waals surface area contributed by atoms with Gasteiger partial charge in [0.15, 0.2) is 5.78 Å². The van der Waals surface area contributed by atoms with Gasteiger partial charge in [-0.25, -0.2) is 0 Å². The zero-order valence-corrected chi connectivity index (χ0v) is 21.2. The molecule has 0 aliphatic rings. The van der Waals surface area contributed by atoms with Gasteiger partial charge in [-0.2, -0.15) is 0 Å². The molecule has 2 aromatic rings. The third-order valence-electron chi connectivity index (χ3n) is 4.42. The van der Waals surface area contributed by atoms with Crippen LogP contribution >= 0.6 is 0 Å². The molecule has 0 atom stereocenters. The maximum Gasteiger partial charge on any atom is 0.185 e. The highest BCUT2D eigenvalue weighted by molar-refractivity contribution is 6.07. The van der Waals surface area contributed by atoms with Crippen LogP contribution in [0, 0.1) is 0 Å². The summed E-state index contributed by atoms with van der Waals surface area (Å²) in [6.45, 7) is 18.6. The number of benzene rings is 2. The number of allylic oxidation sites excluding steroid dienone is 2. The second-order valence-corrected chi connectivity index (χ2v) is 9.99. The van der Waals surface area contributed by atoms with Crippen molar-refractivity contribution in [1.82, 2.24) is 0 Å². The van der Waals surface area contributed by atoms with Crippen molar-refractivity contribution in [3.63, 3.8) is 0 Å². The fraction of sp³-hybridized carbons (Fsp3) is 0.414. The molecule has 4 nitrogen and oxygen atoms in total. The monoisotopic (exact) mass is 450 g/mol. The fourth-order valence-corrected chi connectivity index (χ4v) is 3.11. The van der Waals surface area contributed by atoms with E-state index in [-0.39, 0.29) is 11.4 Å². The molecule has 0 aliphatic heterocycles. The van der Waals surface area contributed by atoms with Crippen molar-refractivity contribution in [3.8, 4) is 17.2 Å². The van der Waals surface area contributed by atoms with E-state index < -0.39 is 5.60 Å². The third kappa shape index (κ3) is 8.80. The first-order valence-corrected chi connectivity index (χ1v) is 11.5. The highest BCUT2D eigenvalue weighted by Crippen LogP contribution is 2.35. The molecule has 0 fully saturated rings. The smallest absolute Gasteiger partial charge is 0.185 e. The Balaban J connectivity index is 2.39. The average Bonchev–Trinajstić information content (AvgIpc) is 2.71. The minimum Gasteiger partial charge on any atom is -0.494 e. The third-order valence-corrected chi connectivity index (χ3v) is 4.42. The summed E-state index contributed by atoms with van der Waals surface area (Å²) in [6, 6.07) is 11.1. The molecule has 0 aromatic heterocycles. The van der Waals surface area contributed by atoms with Gasteiger partial charge in [-0.1, -0.05) is 13.0 Å². The van der Waals surface area contributed by atoms with E-state index in [1.54, 1.807) is 24.3 Å². The topological polar surface area (TPSA) is 44.8 Å². The van der Waals surface area contributed by atoms with Crippen molar-refractivity contribution >= 4 is 11.9 Å². The van der Waals surface area contributed by atoms with Crippen LogP contribution in [0.4, 0.5) is 0 Å². The minimum atomic E-state index is -0.403. The van der Waals surface area contributed by atoms with Gasteiger partial charge < -0.3 is 14.2 Å². The molecule has 33 heavy (non-hydrogen) atoms. The van der Waals surface area contributed by atoms with E-state index in [2.05, 4.69) is 13.5 Å². The fourth-order valence-electron chi connectivity index (χ4n) is 3.11. The summed E-state index contributed by atoms with van der Waals surface area (Å²) < 4.78 is 18.0. The standard InChI is InChI=1S/C29H38O4/c1-9-11-22-19-23(27(33-29(6,7)8)20-26(22)32-28(3,4)5)14-17-25(30)21-12-15-24(16-13-21)31-18-10-2/h9,12-17,19-20H,1,10-11,18H2,2-8H3/b17-14+. The molecule has 0 N–H and O–H groups in total. The Kier molecular flexibility index (Phi) is 8.92. The van der Waals surface area contributed by atoms with Crippen LogP contribution in [-0.2, 0) is 6.42 Å². The first-order chi connectivity index (χ1) is 15.4. The number of hydrogen-bond acceptors (Lipinski definition) is 4. The van der Waals surface area contributed by atoms with Crippen LogP contribution in [0.3, 0.4) is 0 Å². The van der Waals surface area contributed by atoms with Gasteiger partial charge in [-0.3, -0.25) is 4.79 Å². The zero-order valence-electron chi connectivity index (χ0n) is 21.2. The number of ketones is 1. The largest absolute Gasteiger partial charge is 0.494 e. The molecule has 0 saturated heterocycles. The number of hydrogen-bond donors (Lipinski definition) is 0. The maximum absolute atomic E-state index is 12.8. The lowest BCUT2D eigenvalue weighted by molar-refractivity contribution is 0.104. The molecule has 0 aliphatic carbocycles. The molecule has 0 spiro atoms. The van der Waals surface area contributed by atoms with Crippen molar-refractivity contribution in [2.24, 2.45) is 0 Å². The van der Waals surface area contributed by atoms with Crippen molar-refractivity contribution in [1.29, 1.82) is 0 Å². The molecular formula is C29H38O4. The predicted octanol–water partition coefficient (Wildman–Crippen LogP) is 7.45. The molecule has 0 heterocycles. The Hall–Kier alpha value is -3.01. The molecule has 0 unspecified atom stereocenters. The molecule has 178 valence electrons. The normalized spacial score (nSPS) is 12.0. The van der Waals surface area contributed by atoms with Gasteiger partial charge in [-0.05, 0) is 102 Å². The average molecular weight is 451 g/mol. The van der Waals surface area contributed by atoms with Crippen LogP contribution in [0.25, 0.3) is 6.08 Å². The van der Waals surface area contributed by atoms with Gasteiger partial charge in [-0.15, -0.1) is 6.58 Å². The van der Waals surface area contributed by atoms with Gasteiger partial charge in [0.1, 0.15) is 28.5 Å². The lowest BCUT2D eigenvalue weighted by Crippen LogP contribution is -2.25. The summed E-state index contributed by atoms with van der Waals surface area (Å²) in [5.41, 5.74) is 1.66. The molecular weight excluding hydrogens is 412 g/mol. The van der Waals surface area contributed by atoms with Gasteiger partial charge in [0.25, 0.3) is 0 Å². The van der Waals surface area contributed by atoms with Gasteiger partial charge in [0.2, 0.25) is 0 Å². The molecule has 2 aromatic carbocycles. The highest BCUT2D eigenvalue weighted by atomic mass is 16.5. The number of carbonyl (C=O) groups is 1. The summed E-state index contributed by atoms with van der Waals surface area (Å²) in [5, 5.41) is 0. The molecule has 4 heteroatoms. The first-order valence-electron chi connectivity index (χ1n) is 11.5. The second kappa shape index (κ2) is 11.2. The highest BCUT2D eigenvalue weighted by Gasteiger charge is 2.20. The SMILES string of the molecule is C=CCc1cc(/C=C/C(=O)c2ccc(OCCC)cc2)c(OC(C)(C)C)cc1OC(C)(C)C. The van der Waals surface area contributed by atoms with Crippen molar-refractivity contribution in [2.45, 2.75) is 72.5 Å². The van der Waals surface area contributed by atoms with Crippen molar-refractivity contribution < 1.29 is 19.0 Å². The molecule has 0 bridgehead atoms. The summed E-state index contributed by atoms with van der Waals surface area (Å²) in [5.74, 6) is 2.11. The van der Waals surface area contributed by atoms with Gasteiger partial charge in [0, 0.05) is 17.2 Å². The molecule has 0 radical (unpaired) electrons. The Bertz CT molecular complexity index is 970. The van der Waals surface area contributed by atoms with Gasteiger partial charge in [0.05, 0.1) is 6.61 Å². The zero-order chi connectivity index (χ0) is 24.6. The van der Waals surface area contributed by atoms with Crippen LogP contribution in [0.15, 0.2) is 55.1 Å². The number of carbonyl (C=O) groups excluding carboxylic acids is 1. The van der Waals surface area contributed by atoms with E-state index in [0.717, 1.165) is 29.0 Å². The Morgan fingerprint density at radius 1 is 0.939 bits per heavy atom. The summed E-state index contributed by atoms with van der Waals surface area (Å²) in [4.78, 5) is 12.8. The molecule has 2 rings (SSSR count). The summed E-state index contributed by atoms with van der Waals surface area (Å²) in [6.07, 6.45) is 6.81. The lowest BCUT2D eigenvalue weighted by atomic mass is 10.0. The van der Waals surface area contributed by atoms with Crippen LogP contribution in [0.1, 0.15) is 76.4 Å². The first kappa shape index (κ1) is 26.2.